The van der Waals surface area contributed by atoms with Crippen molar-refractivity contribution in [3.05, 3.63) is 53.6 Å². The summed E-state index contributed by atoms with van der Waals surface area (Å²) in [4.78, 5) is 26.2. The lowest BCUT2D eigenvalue weighted by Crippen LogP contribution is -2.40. The molecule has 4 rings (SSSR count). The number of sulfone groups is 1. The van der Waals surface area contributed by atoms with E-state index in [-0.39, 0.29) is 39.0 Å². The summed E-state index contributed by atoms with van der Waals surface area (Å²) >= 11 is 0. The van der Waals surface area contributed by atoms with Gasteiger partial charge >= 0.3 is 10.4 Å². The highest BCUT2D eigenvalue weighted by Crippen LogP contribution is 2.39. The fourth-order valence-electron chi connectivity index (χ4n) is 4.02. The minimum Gasteiger partial charge on any atom is -0.495 e. The Bertz CT molecular complexity index is 1850. The largest absolute Gasteiger partial charge is 0.495 e. The molecule has 0 saturated carbocycles. The van der Waals surface area contributed by atoms with Gasteiger partial charge in [-0.3, -0.25) is 18.7 Å². The summed E-state index contributed by atoms with van der Waals surface area (Å²) in [6, 6.07) is 8.22. The van der Waals surface area contributed by atoms with E-state index in [0.717, 1.165) is 25.3 Å². The highest BCUT2D eigenvalue weighted by molar-refractivity contribution is 7.91. The molecule has 0 aromatic heterocycles. The number of hydrogen-bond donors (Lipinski definition) is 3. The van der Waals surface area contributed by atoms with Crippen molar-refractivity contribution in [3.63, 3.8) is 0 Å². The standard InChI is InChI=1S/C21H18N2O12S3.C2H6/c1-34-15-6-5-11(9-16(15)36(26,27)8-7-35-38(31,32)33)23-20(24)13-4-2-3-12-18(13)14(21(23)25)10-17(19(12)22)37(28,29)30;1-2/h2-6,9-10H,7-8,22H2,1H3,(H,28,29,30)(H,31,32,33);1-2H3. The first-order valence-corrected chi connectivity index (χ1v) is 15.8. The zero-order chi connectivity index (χ0) is 30.2. The van der Waals surface area contributed by atoms with E-state index in [9.17, 15) is 39.4 Å². The van der Waals surface area contributed by atoms with Crippen LogP contribution in [-0.2, 0) is 34.5 Å². The molecule has 4 N–H and O–H groups in total. The number of anilines is 2. The second-order valence-corrected chi connectivity index (χ2v) is 12.4. The Balaban J connectivity index is 0.00000216. The number of methoxy groups -OCH3 is 1. The Hall–Kier alpha value is -3.61. The lowest BCUT2D eigenvalue weighted by atomic mass is 9.92. The Morgan fingerprint density at radius 2 is 1.50 bits per heavy atom. The normalized spacial score (nSPS) is 13.7. The average Bonchev–Trinajstić information content (AvgIpc) is 2.87. The average molecular weight is 617 g/mol. The molecule has 1 aliphatic rings. The van der Waals surface area contributed by atoms with Crippen molar-refractivity contribution in [2.75, 3.05) is 30.1 Å². The zero-order valence-electron chi connectivity index (χ0n) is 21.2. The summed E-state index contributed by atoms with van der Waals surface area (Å²) in [5, 5.41) is 0.0816. The predicted octanol–water partition coefficient (Wildman–Crippen LogP) is 2.10. The summed E-state index contributed by atoms with van der Waals surface area (Å²) in [6.45, 7) is 3.06. The van der Waals surface area contributed by atoms with Crippen molar-refractivity contribution in [3.8, 4) is 5.75 Å². The number of hydrogen-bond acceptors (Lipinski definition) is 11. The van der Waals surface area contributed by atoms with E-state index >= 15 is 0 Å². The minimum atomic E-state index is -4.91. The summed E-state index contributed by atoms with van der Waals surface area (Å²) < 4.78 is 98.6. The van der Waals surface area contributed by atoms with E-state index in [1.165, 1.54) is 24.3 Å². The highest BCUT2D eigenvalue weighted by Gasteiger charge is 2.37. The van der Waals surface area contributed by atoms with Gasteiger partial charge in [-0.1, -0.05) is 26.0 Å². The van der Waals surface area contributed by atoms with Crippen molar-refractivity contribution < 1.29 is 52.9 Å². The van der Waals surface area contributed by atoms with E-state index in [4.69, 9.17) is 15.0 Å². The molecule has 0 unspecified atom stereocenters. The molecule has 0 fully saturated rings. The molecule has 0 atom stereocenters. The fourth-order valence-corrected chi connectivity index (χ4v) is 6.35. The van der Waals surface area contributed by atoms with Gasteiger partial charge in [-0.15, -0.1) is 0 Å². The quantitative estimate of drug-likeness (QED) is 0.187. The molecule has 40 heavy (non-hydrogen) atoms. The smallest absolute Gasteiger partial charge is 0.397 e. The summed E-state index contributed by atoms with van der Waals surface area (Å²) in [5.41, 5.74) is 4.95. The van der Waals surface area contributed by atoms with Gasteiger partial charge in [0.05, 0.1) is 36.4 Å². The molecule has 14 nitrogen and oxygen atoms in total. The van der Waals surface area contributed by atoms with Crippen LogP contribution in [0.25, 0.3) is 10.8 Å². The van der Waals surface area contributed by atoms with Gasteiger partial charge in [0, 0.05) is 16.3 Å². The molecular weight excluding hydrogens is 592 g/mol. The first kappa shape index (κ1) is 30.9. The van der Waals surface area contributed by atoms with Gasteiger partial charge < -0.3 is 10.5 Å². The number of nitrogens with zero attached hydrogens (tertiary/aromatic N) is 1. The lowest BCUT2D eigenvalue weighted by Gasteiger charge is -2.28. The topological polar surface area (TPSA) is 225 Å². The van der Waals surface area contributed by atoms with Crippen LogP contribution in [0.15, 0.2) is 52.3 Å². The Morgan fingerprint density at radius 1 is 0.875 bits per heavy atom. The van der Waals surface area contributed by atoms with Crippen LogP contribution in [0.5, 0.6) is 5.75 Å². The molecule has 1 aliphatic heterocycles. The molecule has 0 spiro atoms. The zero-order valence-corrected chi connectivity index (χ0v) is 23.6. The second kappa shape index (κ2) is 11.1. The van der Waals surface area contributed by atoms with Crippen molar-refractivity contribution in [2.24, 2.45) is 0 Å². The van der Waals surface area contributed by atoms with Crippen LogP contribution < -0.4 is 15.4 Å². The number of nitrogen functional groups attached to an aromatic ring is 1. The minimum absolute atomic E-state index is 0.0332. The summed E-state index contributed by atoms with van der Waals surface area (Å²) in [6.07, 6.45) is 0. The van der Waals surface area contributed by atoms with Gasteiger partial charge in [0.1, 0.15) is 15.5 Å². The molecule has 1 heterocycles. The number of rotatable bonds is 8. The van der Waals surface area contributed by atoms with Crippen LogP contribution in [0.3, 0.4) is 0 Å². The van der Waals surface area contributed by atoms with Gasteiger partial charge in [0.25, 0.3) is 21.9 Å². The van der Waals surface area contributed by atoms with E-state index in [1.807, 2.05) is 13.8 Å². The Kier molecular flexibility index (Phi) is 8.59. The fraction of sp³-hybridized carbons (Fsp3) is 0.217. The molecule has 3 aromatic rings. The predicted molar refractivity (Wildman–Crippen MR) is 143 cm³/mol. The number of benzene rings is 3. The maximum Gasteiger partial charge on any atom is 0.397 e. The Morgan fingerprint density at radius 3 is 2.08 bits per heavy atom. The maximum absolute atomic E-state index is 13.5. The number of carbonyl (C=O) groups is 2. The summed E-state index contributed by atoms with van der Waals surface area (Å²) in [5.74, 6) is -3.04. The number of nitrogens with two attached hydrogens (primary N) is 1. The van der Waals surface area contributed by atoms with Gasteiger partial charge in [-0.05, 0) is 30.3 Å². The monoisotopic (exact) mass is 616 g/mol. The van der Waals surface area contributed by atoms with E-state index < -0.39 is 64.3 Å². The van der Waals surface area contributed by atoms with E-state index in [0.29, 0.717) is 4.90 Å². The van der Waals surface area contributed by atoms with Crippen LogP contribution >= 0.6 is 0 Å². The lowest BCUT2D eigenvalue weighted by molar-refractivity contribution is 0.0893. The number of ether oxygens (including phenoxy) is 1. The third-order valence-electron chi connectivity index (χ3n) is 5.63. The van der Waals surface area contributed by atoms with E-state index in [2.05, 4.69) is 4.18 Å². The van der Waals surface area contributed by atoms with Crippen LogP contribution in [-0.4, -0.2) is 65.6 Å². The first-order chi connectivity index (χ1) is 18.6. The number of amides is 2. The highest BCUT2D eigenvalue weighted by atomic mass is 32.3. The molecule has 2 amide bonds. The third-order valence-corrected chi connectivity index (χ3v) is 8.69. The molecule has 0 bridgehead atoms. The summed E-state index contributed by atoms with van der Waals surface area (Å²) in [7, 11) is -13.0. The van der Waals surface area contributed by atoms with Crippen LogP contribution in [0.4, 0.5) is 11.4 Å². The van der Waals surface area contributed by atoms with Crippen LogP contribution in [0.1, 0.15) is 34.6 Å². The number of imide groups is 1. The molecule has 0 saturated heterocycles. The Labute approximate surface area is 229 Å². The van der Waals surface area contributed by atoms with Gasteiger partial charge in [0.15, 0.2) is 9.84 Å². The van der Waals surface area contributed by atoms with Crippen LogP contribution in [0.2, 0.25) is 0 Å². The third kappa shape index (κ3) is 5.79. The number of carbonyl (C=O) groups excluding carboxylic acids is 2. The van der Waals surface area contributed by atoms with Crippen molar-refractivity contribution in [1.29, 1.82) is 0 Å². The van der Waals surface area contributed by atoms with Crippen molar-refractivity contribution >= 4 is 64.3 Å². The maximum atomic E-state index is 13.5. The molecule has 0 aliphatic carbocycles. The first-order valence-electron chi connectivity index (χ1n) is 11.3. The molecular formula is C23H24N2O12S3. The van der Waals surface area contributed by atoms with Gasteiger partial charge in [-0.25, -0.2) is 17.5 Å². The second-order valence-electron chi connectivity index (χ2n) is 7.89. The molecule has 0 radical (unpaired) electrons. The van der Waals surface area contributed by atoms with Crippen molar-refractivity contribution in [1.82, 2.24) is 0 Å². The molecule has 17 heteroatoms. The van der Waals surface area contributed by atoms with Gasteiger partial charge in [0.2, 0.25) is 0 Å². The van der Waals surface area contributed by atoms with Gasteiger partial charge in [-0.2, -0.15) is 16.8 Å². The molecule has 216 valence electrons. The SMILES string of the molecule is CC.COc1ccc(N2C(=O)c3cccc4c(N)c(S(=O)(=O)O)cc(c34)C2=O)cc1S(=O)(=O)CCOS(=O)(=O)O. The molecule has 3 aromatic carbocycles. The van der Waals surface area contributed by atoms with Crippen LogP contribution in [0, 0.1) is 0 Å². The van der Waals surface area contributed by atoms with E-state index in [1.54, 1.807) is 0 Å². The van der Waals surface area contributed by atoms with Crippen molar-refractivity contribution in [2.45, 2.75) is 23.6 Å².